The Hall–Kier alpha value is -3.05. The van der Waals surface area contributed by atoms with Crippen LogP contribution >= 0.6 is 0 Å². The van der Waals surface area contributed by atoms with Crippen molar-refractivity contribution in [2.24, 2.45) is 0 Å². The highest BCUT2D eigenvalue weighted by atomic mass is 32.3. The monoisotopic (exact) mass is 1000 g/mol. The Morgan fingerprint density at radius 3 is 1.60 bits per heavy atom. The molecular formula is C34H56N2O30S. The number of aliphatic hydroxyl groups excluding tert-OH is 13. The molecule has 4 saturated heterocycles. The van der Waals surface area contributed by atoms with Crippen molar-refractivity contribution in [3.05, 3.63) is 0 Å². The van der Waals surface area contributed by atoms with Crippen molar-refractivity contribution in [1.82, 2.24) is 10.6 Å². The van der Waals surface area contributed by atoms with Crippen LogP contribution in [0.15, 0.2) is 0 Å². The lowest BCUT2D eigenvalue weighted by molar-refractivity contribution is -0.387. The summed E-state index contributed by atoms with van der Waals surface area (Å²) >= 11 is 0. The minimum Gasteiger partial charge on any atom is -0.477 e. The molecule has 33 heteroatoms. The number of rotatable bonds is 20. The zero-order valence-electron chi connectivity index (χ0n) is 35.1. The van der Waals surface area contributed by atoms with E-state index in [0.717, 1.165) is 13.8 Å². The number of hydrogen-bond acceptors (Lipinski definition) is 27. The van der Waals surface area contributed by atoms with Gasteiger partial charge in [0.15, 0.2) is 12.6 Å². The Morgan fingerprint density at radius 1 is 0.672 bits per heavy atom. The van der Waals surface area contributed by atoms with Crippen molar-refractivity contribution >= 4 is 34.2 Å². The maximum Gasteiger partial charge on any atom is 0.397 e. The molecule has 0 saturated carbocycles. The van der Waals surface area contributed by atoms with E-state index >= 15 is 0 Å². The van der Waals surface area contributed by atoms with E-state index in [1.165, 1.54) is 0 Å². The van der Waals surface area contributed by atoms with Gasteiger partial charge in [-0.3, -0.25) is 14.1 Å². The highest BCUT2D eigenvalue weighted by Crippen LogP contribution is 2.40. The van der Waals surface area contributed by atoms with Gasteiger partial charge in [-0.2, -0.15) is 8.42 Å². The first-order valence-corrected chi connectivity index (χ1v) is 21.4. The molecule has 0 aromatic rings. The molecule has 0 unspecified atom stereocenters. The molecule has 0 spiro atoms. The molecule has 0 radical (unpaired) electrons. The summed E-state index contributed by atoms with van der Waals surface area (Å²) in [4.78, 5) is 50.6. The number of aliphatic hydroxyl groups is 13. The molecule has 0 bridgehead atoms. The van der Waals surface area contributed by atoms with Crippen molar-refractivity contribution in [2.45, 2.75) is 161 Å². The summed E-state index contributed by atoms with van der Waals surface area (Å²) in [5.74, 6) is -13.2. The molecule has 4 fully saturated rings. The molecule has 4 aliphatic rings. The van der Waals surface area contributed by atoms with Crippen LogP contribution < -0.4 is 10.6 Å². The number of carbonyl (C=O) groups is 4. The highest BCUT2D eigenvalue weighted by Gasteiger charge is 2.62. The van der Waals surface area contributed by atoms with Gasteiger partial charge in [-0.25, -0.2) is 13.8 Å². The molecule has 0 aromatic heterocycles. The first kappa shape index (κ1) is 56.5. The normalized spacial score (nSPS) is 41.3. The van der Waals surface area contributed by atoms with E-state index in [1.54, 1.807) is 0 Å². The van der Waals surface area contributed by atoms with Crippen LogP contribution in [0.25, 0.3) is 0 Å². The van der Waals surface area contributed by atoms with Gasteiger partial charge in [-0.15, -0.1) is 0 Å². The molecule has 32 nitrogen and oxygen atoms in total. The number of ether oxygens (including phenoxy) is 7. The topological polar surface area (TPSA) is 524 Å². The first-order chi connectivity index (χ1) is 31.1. The van der Waals surface area contributed by atoms with Crippen LogP contribution in [0.4, 0.5) is 0 Å². The zero-order valence-corrected chi connectivity index (χ0v) is 35.9. The average Bonchev–Trinajstić information content (AvgIpc) is 3.24. The summed E-state index contributed by atoms with van der Waals surface area (Å²) in [7, 11) is -5.48. The Labute approximate surface area is 377 Å². The molecule has 0 aliphatic carbocycles. The lowest BCUT2D eigenvalue weighted by Gasteiger charge is -2.51. The zero-order chi connectivity index (χ0) is 50.7. The third-order valence-electron chi connectivity index (χ3n) is 11.2. The van der Waals surface area contributed by atoms with Crippen molar-refractivity contribution in [3.63, 3.8) is 0 Å². The van der Waals surface area contributed by atoms with E-state index < -0.39 is 207 Å². The standard InChI is InChI=1S/C34H56N2O30S/c1-9(41)35-17-12(44)4-34(32(54)55,65-28-19(45)13(5-37)60-30(24(28)50)61-25-16(8-40)59-29(51)23(49)22(25)48)64-26(17)20(46)14(6-38)62-33(31(52)53)3-11(43)18(36-10(2)42)27(63-33)21(47)15(7-39)66-67(56,57)58/h11-30,37-40,43-51H,3-8H2,1-2H3,(H,35,41)(H,36,42)(H,52,53)(H,54,55)(H,56,57,58)/t11-,12-,13+,14+,15+,16+,17+,18+,19-,20+,21+,22+,23+,24+,25+,26+,27+,28-,29+,30-,33+,34-/m0/s1. The van der Waals surface area contributed by atoms with Gasteiger partial charge in [-0.05, 0) is 0 Å². The van der Waals surface area contributed by atoms with E-state index in [-0.39, 0.29) is 0 Å². The molecule has 67 heavy (non-hydrogen) atoms. The van der Waals surface area contributed by atoms with E-state index in [9.17, 15) is 109 Å². The predicted molar refractivity (Wildman–Crippen MR) is 202 cm³/mol. The second-order valence-electron chi connectivity index (χ2n) is 16.0. The van der Waals surface area contributed by atoms with Crippen LogP contribution in [0, 0.1) is 0 Å². The lowest BCUT2D eigenvalue weighted by Crippen LogP contribution is -2.72. The van der Waals surface area contributed by atoms with Crippen LogP contribution in [0.2, 0.25) is 0 Å². The summed E-state index contributed by atoms with van der Waals surface area (Å²) in [6, 6.07) is -3.85. The summed E-state index contributed by atoms with van der Waals surface area (Å²) in [5.41, 5.74) is 0. The fourth-order valence-corrected chi connectivity index (χ4v) is 8.48. The number of hydrogen-bond donors (Lipinski definition) is 18. The van der Waals surface area contributed by atoms with Crippen LogP contribution in [0.5, 0.6) is 0 Å². The van der Waals surface area contributed by atoms with E-state index in [2.05, 4.69) is 14.8 Å². The third-order valence-corrected chi connectivity index (χ3v) is 11.7. The first-order valence-electron chi connectivity index (χ1n) is 20.0. The molecule has 22 atom stereocenters. The Morgan fingerprint density at radius 2 is 1.15 bits per heavy atom. The number of nitrogens with one attached hydrogen (secondary N) is 2. The summed E-state index contributed by atoms with van der Waals surface area (Å²) < 4.78 is 74.6. The fourth-order valence-electron chi connectivity index (χ4n) is 7.99. The van der Waals surface area contributed by atoms with Crippen molar-refractivity contribution < 1.29 is 146 Å². The van der Waals surface area contributed by atoms with E-state index in [1.807, 2.05) is 0 Å². The SMILES string of the molecule is CC(=O)N[C@H]1[C@H]([C@H](O)[C@@H](CO)O[C@]2(C(=O)O)C[C@H](O)[C@@H](NC(C)=O)[C@H]([C@H](O)[C@@H](CO)OS(=O)(=O)O)O2)O[C@@](O[C@H]2[C@@H](O)[C@@H](CO)O[C@@H](O[C@H]3[C@H](O)[C@@H](O)[C@H](O)O[C@@H]3CO)[C@@H]2O)(C(=O)O)C[C@@H]1O. The Bertz CT molecular complexity index is 1820. The molecule has 388 valence electrons. The molecule has 4 rings (SSSR count). The number of amides is 2. The average molecular weight is 1000 g/mol. The van der Waals surface area contributed by atoms with Crippen molar-refractivity contribution in [2.75, 3.05) is 26.4 Å². The summed E-state index contributed by atoms with van der Waals surface area (Å²) in [6.07, 6.45) is -42.7. The van der Waals surface area contributed by atoms with E-state index in [0.29, 0.717) is 0 Å². The molecule has 4 heterocycles. The minimum absolute atomic E-state index is 0.879. The smallest absolute Gasteiger partial charge is 0.397 e. The van der Waals surface area contributed by atoms with Gasteiger partial charge in [0.2, 0.25) is 11.8 Å². The summed E-state index contributed by atoms with van der Waals surface area (Å²) in [6.45, 7) is -3.33. The van der Waals surface area contributed by atoms with Crippen LogP contribution in [0.1, 0.15) is 26.7 Å². The van der Waals surface area contributed by atoms with Gasteiger partial charge in [-0.1, -0.05) is 0 Å². The van der Waals surface area contributed by atoms with Gasteiger partial charge in [0, 0.05) is 26.7 Å². The van der Waals surface area contributed by atoms with Gasteiger partial charge in [0.1, 0.15) is 85.5 Å². The molecule has 18 N–H and O–H groups in total. The van der Waals surface area contributed by atoms with Gasteiger partial charge in [0.05, 0.1) is 50.7 Å². The van der Waals surface area contributed by atoms with Gasteiger partial charge in [0.25, 0.3) is 11.6 Å². The van der Waals surface area contributed by atoms with Crippen molar-refractivity contribution in [1.29, 1.82) is 0 Å². The Kier molecular flexibility index (Phi) is 19.2. The number of aliphatic carboxylic acids is 2. The molecule has 4 aliphatic heterocycles. The van der Waals surface area contributed by atoms with Crippen molar-refractivity contribution in [3.8, 4) is 0 Å². The van der Waals surface area contributed by atoms with E-state index in [4.69, 9.17) is 33.2 Å². The second kappa shape index (κ2) is 22.8. The Balaban J connectivity index is 1.73. The predicted octanol–water partition coefficient (Wildman–Crippen LogP) is -11.2. The lowest BCUT2D eigenvalue weighted by atomic mass is 9.87. The maximum absolute atomic E-state index is 13.2. The molecule has 0 aromatic carbocycles. The fraction of sp³-hybridized carbons (Fsp3) is 0.882. The number of carboxylic acids is 2. The van der Waals surface area contributed by atoms with Crippen LogP contribution in [-0.2, 0) is 66.9 Å². The molecular weight excluding hydrogens is 948 g/mol. The van der Waals surface area contributed by atoms with Crippen LogP contribution in [-0.4, -0.2) is 274 Å². The van der Waals surface area contributed by atoms with Crippen LogP contribution in [0.3, 0.4) is 0 Å². The minimum atomic E-state index is -5.48. The highest BCUT2D eigenvalue weighted by molar-refractivity contribution is 7.80. The molecule has 2 amide bonds. The largest absolute Gasteiger partial charge is 0.477 e. The maximum atomic E-state index is 13.2. The number of carboxylic acid groups (broad SMARTS) is 2. The summed E-state index contributed by atoms with van der Waals surface area (Å²) in [5, 5.41) is 164. The van der Waals surface area contributed by atoms with Gasteiger partial charge < -0.3 is 120 Å². The number of carbonyl (C=O) groups excluding carboxylic acids is 2. The van der Waals surface area contributed by atoms with Gasteiger partial charge >= 0.3 is 22.3 Å². The quantitative estimate of drug-likeness (QED) is 0.0504. The second-order valence-corrected chi connectivity index (χ2v) is 17.0. The third kappa shape index (κ3) is 12.7.